The summed E-state index contributed by atoms with van der Waals surface area (Å²) in [7, 11) is 0. The molecule has 0 bridgehead atoms. The van der Waals surface area contributed by atoms with Gasteiger partial charge in [0.15, 0.2) is 5.16 Å². The second kappa shape index (κ2) is 9.39. The highest BCUT2D eigenvalue weighted by Gasteiger charge is 2.17. The van der Waals surface area contributed by atoms with Gasteiger partial charge in [0.05, 0.1) is 17.0 Å². The third kappa shape index (κ3) is 4.65. The lowest BCUT2D eigenvalue weighted by Gasteiger charge is -2.22. The summed E-state index contributed by atoms with van der Waals surface area (Å²) in [5.74, 6) is 0.851. The Morgan fingerprint density at radius 1 is 1.07 bits per heavy atom. The normalized spacial score (nSPS) is 17.1. The molecule has 4 rings (SSSR count). The van der Waals surface area contributed by atoms with Crippen LogP contribution in [0.2, 0.25) is 0 Å². The van der Waals surface area contributed by atoms with E-state index < -0.39 is 0 Å². The molecule has 1 saturated heterocycles. The molecule has 0 N–H and O–H groups in total. The van der Waals surface area contributed by atoms with E-state index >= 15 is 0 Å². The summed E-state index contributed by atoms with van der Waals surface area (Å²) in [5, 5.41) is 1.51. The molecule has 1 aromatic heterocycles. The van der Waals surface area contributed by atoms with E-state index in [1.807, 2.05) is 34.9 Å². The van der Waals surface area contributed by atoms with E-state index in [9.17, 15) is 4.79 Å². The standard InChI is InChI=1S/C23H26N2O2S/c26-22-20-13-4-5-14-21(20)24-23(28-17-19-12-6-7-16-27-19)25(22)15-8-11-18-9-2-1-3-10-18/h1-5,9-10,13-14,19H,6-8,11-12,15-17H2/t19-/m1/s1. The van der Waals surface area contributed by atoms with Gasteiger partial charge in [-0.3, -0.25) is 9.36 Å². The molecule has 2 aromatic carbocycles. The Morgan fingerprint density at radius 3 is 2.71 bits per heavy atom. The van der Waals surface area contributed by atoms with Crippen LogP contribution in [0.15, 0.2) is 64.5 Å². The number of aromatic nitrogens is 2. The van der Waals surface area contributed by atoms with Crippen molar-refractivity contribution in [3.63, 3.8) is 0 Å². The first-order valence-corrected chi connectivity index (χ1v) is 11.1. The molecule has 1 aliphatic rings. The third-order valence-corrected chi connectivity index (χ3v) is 6.30. The fraction of sp³-hybridized carbons (Fsp3) is 0.391. The van der Waals surface area contributed by atoms with Gasteiger partial charge in [-0.2, -0.15) is 0 Å². The molecular weight excluding hydrogens is 368 g/mol. The Hall–Kier alpha value is -2.11. The summed E-state index contributed by atoms with van der Waals surface area (Å²) in [4.78, 5) is 17.9. The molecule has 0 amide bonds. The number of benzene rings is 2. The van der Waals surface area contributed by atoms with E-state index in [-0.39, 0.29) is 11.7 Å². The zero-order valence-electron chi connectivity index (χ0n) is 16.0. The molecular formula is C23H26N2O2S. The molecule has 0 radical (unpaired) electrons. The Kier molecular flexibility index (Phi) is 6.45. The molecule has 0 saturated carbocycles. The summed E-state index contributed by atoms with van der Waals surface area (Å²) in [5.41, 5.74) is 2.14. The van der Waals surface area contributed by atoms with Crippen LogP contribution in [0.5, 0.6) is 0 Å². The van der Waals surface area contributed by atoms with Gasteiger partial charge in [0.25, 0.3) is 5.56 Å². The molecule has 0 spiro atoms. The Labute approximate surface area is 169 Å². The van der Waals surface area contributed by atoms with E-state index in [2.05, 4.69) is 24.3 Å². The third-order valence-electron chi connectivity index (χ3n) is 5.19. The van der Waals surface area contributed by atoms with E-state index in [1.54, 1.807) is 11.8 Å². The first-order valence-electron chi connectivity index (χ1n) is 10.1. The lowest BCUT2D eigenvalue weighted by Crippen LogP contribution is -2.25. The van der Waals surface area contributed by atoms with Crippen LogP contribution < -0.4 is 5.56 Å². The second-order valence-electron chi connectivity index (χ2n) is 7.26. The molecule has 1 fully saturated rings. The van der Waals surface area contributed by atoms with E-state index in [0.29, 0.717) is 11.9 Å². The van der Waals surface area contributed by atoms with Crippen LogP contribution in [0.3, 0.4) is 0 Å². The van der Waals surface area contributed by atoms with Crippen molar-refractivity contribution in [3.05, 3.63) is 70.5 Å². The minimum Gasteiger partial charge on any atom is -0.377 e. The fourth-order valence-corrected chi connectivity index (χ4v) is 4.74. The SMILES string of the molecule is O=c1c2ccccc2nc(SC[C@H]2CCCCO2)n1CCCc1ccccc1. The van der Waals surface area contributed by atoms with Gasteiger partial charge in [-0.05, 0) is 49.8 Å². The van der Waals surface area contributed by atoms with Crippen molar-refractivity contribution in [2.24, 2.45) is 0 Å². The van der Waals surface area contributed by atoms with Crippen LogP contribution in [0, 0.1) is 0 Å². The smallest absolute Gasteiger partial charge is 0.262 e. The van der Waals surface area contributed by atoms with E-state index in [1.165, 1.54) is 12.0 Å². The van der Waals surface area contributed by atoms with Gasteiger partial charge >= 0.3 is 0 Å². The second-order valence-corrected chi connectivity index (χ2v) is 8.24. The lowest BCUT2D eigenvalue weighted by atomic mass is 10.1. The van der Waals surface area contributed by atoms with Crippen LogP contribution in [0.25, 0.3) is 10.9 Å². The number of fused-ring (bicyclic) bond motifs is 1. The minimum absolute atomic E-state index is 0.0609. The Balaban J connectivity index is 1.54. The van der Waals surface area contributed by atoms with Crippen molar-refractivity contribution >= 4 is 22.7 Å². The number of thioether (sulfide) groups is 1. The zero-order chi connectivity index (χ0) is 19.2. The van der Waals surface area contributed by atoms with Crippen LogP contribution >= 0.6 is 11.8 Å². The van der Waals surface area contributed by atoms with Gasteiger partial charge in [0, 0.05) is 18.9 Å². The summed E-state index contributed by atoms with van der Waals surface area (Å²) >= 11 is 1.66. The largest absolute Gasteiger partial charge is 0.377 e. The number of hydrogen-bond donors (Lipinski definition) is 0. The molecule has 146 valence electrons. The maximum absolute atomic E-state index is 13.1. The maximum atomic E-state index is 13.1. The van der Waals surface area contributed by atoms with E-state index in [4.69, 9.17) is 9.72 Å². The van der Waals surface area contributed by atoms with Crippen molar-refractivity contribution in [2.45, 2.75) is 49.9 Å². The number of para-hydroxylation sites is 1. The molecule has 5 heteroatoms. The minimum atomic E-state index is 0.0609. The van der Waals surface area contributed by atoms with Gasteiger partial charge in [0.2, 0.25) is 0 Å². The quantitative estimate of drug-likeness (QED) is 0.431. The lowest BCUT2D eigenvalue weighted by molar-refractivity contribution is 0.0315. The first-order chi connectivity index (χ1) is 13.8. The predicted molar refractivity (Wildman–Crippen MR) is 115 cm³/mol. The summed E-state index contributed by atoms with van der Waals surface area (Å²) in [6, 6.07) is 18.1. The van der Waals surface area contributed by atoms with Gasteiger partial charge in [-0.15, -0.1) is 0 Å². The molecule has 4 nitrogen and oxygen atoms in total. The van der Waals surface area contributed by atoms with Crippen LogP contribution in [0.1, 0.15) is 31.2 Å². The van der Waals surface area contributed by atoms with Crippen LogP contribution in [0.4, 0.5) is 0 Å². The fourth-order valence-electron chi connectivity index (χ4n) is 3.65. The maximum Gasteiger partial charge on any atom is 0.262 e. The summed E-state index contributed by atoms with van der Waals surface area (Å²) < 4.78 is 7.72. The van der Waals surface area contributed by atoms with Gasteiger partial charge in [-0.1, -0.05) is 54.2 Å². The molecule has 1 atom stereocenters. The average molecular weight is 395 g/mol. The highest BCUT2D eigenvalue weighted by atomic mass is 32.2. The number of nitrogens with zero attached hydrogens (tertiary/aromatic N) is 2. The van der Waals surface area contributed by atoms with Gasteiger partial charge in [0.1, 0.15) is 0 Å². The predicted octanol–water partition coefficient (Wildman–Crippen LogP) is 4.69. The Bertz CT molecular complexity index is 965. The molecule has 2 heterocycles. The first kappa shape index (κ1) is 19.2. The number of ether oxygens (including phenoxy) is 1. The van der Waals surface area contributed by atoms with E-state index in [0.717, 1.165) is 48.7 Å². The monoisotopic (exact) mass is 394 g/mol. The topological polar surface area (TPSA) is 44.1 Å². The van der Waals surface area contributed by atoms with Crippen molar-refractivity contribution in [1.29, 1.82) is 0 Å². The van der Waals surface area contributed by atoms with Gasteiger partial charge < -0.3 is 4.74 Å². The summed E-state index contributed by atoms with van der Waals surface area (Å²) in [6.45, 7) is 1.53. The Morgan fingerprint density at radius 2 is 1.89 bits per heavy atom. The van der Waals surface area contributed by atoms with Crippen molar-refractivity contribution in [3.8, 4) is 0 Å². The number of aryl methyl sites for hydroxylation is 1. The highest BCUT2D eigenvalue weighted by molar-refractivity contribution is 7.99. The van der Waals surface area contributed by atoms with Crippen LogP contribution in [-0.4, -0.2) is 28.0 Å². The molecule has 3 aromatic rings. The highest BCUT2D eigenvalue weighted by Crippen LogP contribution is 2.23. The molecule has 1 aliphatic heterocycles. The zero-order valence-corrected chi connectivity index (χ0v) is 16.9. The molecule has 28 heavy (non-hydrogen) atoms. The molecule has 0 aliphatic carbocycles. The van der Waals surface area contributed by atoms with Crippen molar-refractivity contribution in [1.82, 2.24) is 9.55 Å². The summed E-state index contributed by atoms with van der Waals surface area (Å²) in [6.07, 6.45) is 5.60. The van der Waals surface area contributed by atoms with Crippen LogP contribution in [-0.2, 0) is 17.7 Å². The number of rotatable bonds is 7. The van der Waals surface area contributed by atoms with Gasteiger partial charge in [-0.25, -0.2) is 4.98 Å². The van der Waals surface area contributed by atoms with Crippen molar-refractivity contribution in [2.75, 3.05) is 12.4 Å². The molecule has 0 unspecified atom stereocenters. The van der Waals surface area contributed by atoms with Crippen molar-refractivity contribution < 1.29 is 4.74 Å². The number of hydrogen-bond acceptors (Lipinski definition) is 4. The average Bonchev–Trinajstić information content (AvgIpc) is 2.75.